The molecule has 1 unspecified atom stereocenters. The van der Waals surface area contributed by atoms with Gasteiger partial charge in [-0.3, -0.25) is 4.79 Å². The molecular formula is C15H21N3OS. The quantitative estimate of drug-likeness (QED) is 0.886. The number of nitrogens with zero attached hydrogens (tertiary/aromatic N) is 1. The average molecular weight is 291 g/mol. The molecule has 1 amide bonds. The number of hydrogen-bond donors (Lipinski definition) is 2. The van der Waals surface area contributed by atoms with E-state index < -0.39 is 0 Å². The summed E-state index contributed by atoms with van der Waals surface area (Å²) in [7, 11) is 0. The summed E-state index contributed by atoms with van der Waals surface area (Å²) in [6, 6.07) is 3.88. The zero-order valence-corrected chi connectivity index (χ0v) is 13.0. The van der Waals surface area contributed by atoms with Crippen LogP contribution >= 0.6 is 11.3 Å². The number of carbonyl (C=O) groups is 1. The molecule has 0 aliphatic carbocycles. The lowest BCUT2D eigenvalue weighted by Gasteiger charge is -2.22. The van der Waals surface area contributed by atoms with Crippen molar-refractivity contribution in [2.75, 3.05) is 5.73 Å². The largest absolute Gasteiger partial charge is 0.397 e. The van der Waals surface area contributed by atoms with Crippen LogP contribution < -0.4 is 11.1 Å². The number of nitrogen functional groups attached to an aromatic ring is 1. The summed E-state index contributed by atoms with van der Waals surface area (Å²) < 4.78 is 0. The van der Waals surface area contributed by atoms with Gasteiger partial charge in [0.05, 0.1) is 5.69 Å². The summed E-state index contributed by atoms with van der Waals surface area (Å²) in [6.45, 7) is 6.35. The van der Waals surface area contributed by atoms with Crippen molar-refractivity contribution in [2.24, 2.45) is 5.92 Å². The second kappa shape index (κ2) is 6.22. The first kappa shape index (κ1) is 14.8. The SMILES string of the molecule is CCC(CC)C(C)NC(=O)c1sc2ncccc2c1N. The van der Waals surface area contributed by atoms with Crippen molar-refractivity contribution < 1.29 is 4.79 Å². The maximum absolute atomic E-state index is 12.4. The number of amides is 1. The molecule has 0 saturated carbocycles. The molecule has 0 fully saturated rings. The summed E-state index contributed by atoms with van der Waals surface area (Å²) in [5.41, 5.74) is 6.60. The molecule has 0 aromatic carbocycles. The van der Waals surface area contributed by atoms with Gasteiger partial charge in [-0.15, -0.1) is 11.3 Å². The van der Waals surface area contributed by atoms with Gasteiger partial charge < -0.3 is 11.1 Å². The third-order valence-corrected chi connectivity index (χ3v) is 4.95. The van der Waals surface area contributed by atoms with Crippen LogP contribution in [0.1, 0.15) is 43.3 Å². The molecule has 5 heteroatoms. The lowest BCUT2D eigenvalue weighted by molar-refractivity contribution is 0.0930. The Bertz CT molecular complexity index is 604. The normalized spacial score (nSPS) is 12.8. The van der Waals surface area contributed by atoms with Gasteiger partial charge in [-0.25, -0.2) is 4.98 Å². The van der Waals surface area contributed by atoms with Gasteiger partial charge in [0.2, 0.25) is 0 Å². The number of pyridine rings is 1. The molecule has 0 radical (unpaired) electrons. The first-order valence-electron chi connectivity index (χ1n) is 7.02. The predicted molar refractivity (Wildman–Crippen MR) is 85.0 cm³/mol. The molecule has 4 nitrogen and oxygen atoms in total. The molecule has 0 bridgehead atoms. The fourth-order valence-corrected chi connectivity index (χ4v) is 3.47. The minimum Gasteiger partial charge on any atom is -0.397 e. The maximum atomic E-state index is 12.4. The Labute approximate surface area is 123 Å². The molecule has 2 aromatic rings. The highest BCUT2D eigenvalue weighted by molar-refractivity contribution is 7.21. The minimum absolute atomic E-state index is 0.0927. The van der Waals surface area contributed by atoms with Gasteiger partial charge in [-0.05, 0) is 25.0 Å². The Morgan fingerprint density at radius 1 is 1.45 bits per heavy atom. The third-order valence-electron chi connectivity index (χ3n) is 3.83. The number of hydrogen-bond acceptors (Lipinski definition) is 4. The summed E-state index contributed by atoms with van der Waals surface area (Å²) in [4.78, 5) is 18.0. The Morgan fingerprint density at radius 2 is 2.15 bits per heavy atom. The van der Waals surface area contributed by atoms with E-state index in [4.69, 9.17) is 5.73 Å². The Balaban J connectivity index is 2.21. The number of aromatic nitrogens is 1. The number of nitrogens with two attached hydrogens (primary N) is 1. The van der Waals surface area contributed by atoms with Gasteiger partial charge in [-0.1, -0.05) is 26.7 Å². The first-order chi connectivity index (χ1) is 9.58. The third kappa shape index (κ3) is 2.77. The minimum atomic E-state index is -0.0927. The van der Waals surface area contributed by atoms with Crippen LogP contribution in [-0.4, -0.2) is 16.9 Å². The lowest BCUT2D eigenvalue weighted by Crippen LogP contribution is -2.37. The molecular weight excluding hydrogens is 270 g/mol. The van der Waals surface area contributed by atoms with Crippen molar-refractivity contribution in [3.63, 3.8) is 0 Å². The van der Waals surface area contributed by atoms with Crippen LogP contribution in [0.2, 0.25) is 0 Å². The zero-order chi connectivity index (χ0) is 14.7. The molecule has 20 heavy (non-hydrogen) atoms. The molecule has 2 aromatic heterocycles. The molecule has 0 spiro atoms. The van der Waals surface area contributed by atoms with E-state index in [2.05, 4.69) is 31.1 Å². The lowest BCUT2D eigenvalue weighted by atomic mass is 9.95. The molecule has 0 aliphatic heterocycles. The molecule has 2 rings (SSSR count). The second-order valence-corrected chi connectivity index (χ2v) is 6.04. The second-order valence-electron chi connectivity index (χ2n) is 5.04. The van der Waals surface area contributed by atoms with Gasteiger partial charge in [0.1, 0.15) is 9.71 Å². The van der Waals surface area contributed by atoms with E-state index in [0.29, 0.717) is 16.5 Å². The van der Waals surface area contributed by atoms with E-state index >= 15 is 0 Å². The smallest absolute Gasteiger partial charge is 0.263 e. The molecule has 0 aliphatic rings. The van der Waals surface area contributed by atoms with E-state index in [0.717, 1.165) is 23.1 Å². The zero-order valence-electron chi connectivity index (χ0n) is 12.1. The number of nitrogens with one attached hydrogen (secondary N) is 1. The number of anilines is 1. The van der Waals surface area contributed by atoms with Crippen molar-refractivity contribution in [3.8, 4) is 0 Å². The molecule has 108 valence electrons. The topological polar surface area (TPSA) is 68.0 Å². The van der Waals surface area contributed by atoms with Crippen molar-refractivity contribution in [1.82, 2.24) is 10.3 Å². The van der Waals surface area contributed by atoms with Crippen LogP contribution in [0, 0.1) is 5.92 Å². The molecule has 2 heterocycles. The Kier molecular flexibility index (Phi) is 4.60. The van der Waals surface area contributed by atoms with E-state index in [1.165, 1.54) is 11.3 Å². The highest BCUT2D eigenvalue weighted by Crippen LogP contribution is 2.32. The summed E-state index contributed by atoms with van der Waals surface area (Å²) >= 11 is 1.35. The summed E-state index contributed by atoms with van der Waals surface area (Å²) in [6.07, 6.45) is 3.83. The van der Waals surface area contributed by atoms with E-state index in [-0.39, 0.29) is 11.9 Å². The van der Waals surface area contributed by atoms with Crippen LogP contribution in [0.15, 0.2) is 18.3 Å². The van der Waals surface area contributed by atoms with Crippen LogP contribution in [0.3, 0.4) is 0 Å². The fraction of sp³-hybridized carbons (Fsp3) is 0.467. The first-order valence-corrected chi connectivity index (χ1v) is 7.83. The Hall–Kier alpha value is -1.62. The van der Waals surface area contributed by atoms with Crippen LogP contribution in [0.5, 0.6) is 0 Å². The number of thiophene rings is 1. The van der Waals surface area contributed by atoms with E-state index in [1.54, 1.807) is 6.20 Å². The van der Waals surface area contributed by atoms with Crippen LogP contribution in [0.4, 0.5) is 5.69 Å². The van der Waals surface area contributed by atoms with Gasteiger partial charge >= 0.3 is 0 Å². The predicted octanol–water partition coefficient (Wildman–Crippen LogP) is 3.43. The van der Waals surface area contributed by atoms with Crippen LogP contribution in [-0.2, 0) is 0 Å². The summed E-state index contributed by atoms with van der Waals surface area (Å²) in [5, 5.41) is 3.92. The van der Waals surface area contributed by atoms with E-state index in [1.807, 2.05) is 12.1 Å². The number of carbonyl (C=O) groups excluding carboxylic acids is 1. The monoisotopic (exact) mass is 291 g/mol. The van der Waals surface area contributed by atoms with Crippen molar-refractivity contribution in [2.45, 2.75) is 39.7 Å². The number of fused-ring (bicyclic) bond motifs is 1. The van der Waals surface area contributed by atoms with Gasteiger partial charge in [-0.2, -0.15) is 0 Å². The molecule has 3 N–H and O–H groups in total. The molecule has 1 atom stereocenters. The standard InChI is InChI=1S/C15H21N3OS/c1-4-10(5-2)9(3)18-14(19)13-12(16)11-7-6-8-17-15(11)20-13/h6-10H,4-5,16H2,1-3H3,(H,18,19). The molecule has 0 saturated heterocycles. The fourth-order valence-electron chi connectivity index (χ4n) is 2.51. The maximum Gasteiger partial charge on any atom is 0.263 e. The van der Waals surface area contributed by atoms with Crippen LogP contribution in [0.25, 0.3) is 10.2 Å². The van der Waals surface area contributed by atoms with E-state index in [9.17, 15) is 4.79 Å². The van der Waals surface area contributed by atoms with Gasteiger partial charge in [0.25, 0.3) is 5.91 Å². The highest BCUT2D eigenvalue weighted by Gasteiger charge is 2.21. The number of rotatable bonds is 5. The summed E-state index contributed by atoms with van der Waals surface area (Å²) in [5.74, 6) is 0.401. The highest BCUT2D eigenvalue weighted by atomic mass is 32.1. The Morgan fingerprint density at radius 3 is 2.75 bits per heavy atom. The van der Waals surface area contributed by atoms with Gasteiger partial charge in [0, 0.05) is 17.6 Å². The van der Waals surface area contributed by atoms with Crippen molar-refractivity contribution in [3.05, 3.63) is 23.2 Å². The van der Waals surface area contributed by atoms with Crippen molar-refractivity contribution >= 4 is 33.1 Å². The van der Waals surface area contributed by atoms with Gasteiger partial charge in [0.15, 0.2) is 0 Å². The average Bonchev–Trinajstić information content (AvgIpc) is 2.78. The van der Waals surface area contributed by atoms with Crippen molar-refractivity contribution in [1.29, 1.82) is 0 Å².